The Bertz CT molecular complexity index is 416. The van der Waals surface area contributed by atoms with Crippen LogP contribution < -0.4 is 11.3 Å². The van der Waals surface area contributed by atoms with Crippen molar-refractivity contribution in [2.45, 2.75) is 70.4 Å². The molecule has 1 saturated heterocycles. The first-order valence-corrected chi connectivity index (χ1v) is 8.19. The van der Waals surface area contributed by atoms with Crippen molar-refractivity contribution in [1.29, 1.82) is 0 Å². The second-order valence-corrected chi connectivity index (χ2v) is 7.16. The molecule has 0 amide bonds. The standard InChI is InChI=1S/C18H30N2O/c1-18(2,3)15-11-9-14(10-12-15)17(20-19)8-4-6-16-7-5-13-21-16/h9-12,16-17,20H,4-8,13,19H2,1-3H3. The van der Waals surface area contributed by atoms with Gasteiger partial charge in [-0.25, -0.2) is 0 Å². The number of benzene rings is 1. The molecule has 1 aliphatic rings. The van der Waals surface area contributed by atoms with Gasteiger partial charge in [0.25, 0.3) is 0 Å². The fourth-order valence-electron chi connectivity index (χ4n) is 2.98. The number of rotatable bonds is 6. The summed E-state index contributed by atoms with van der Waals surface area (Å²) in [6, 6.07) is 9.09. The molecule has 1 aromatic carbocycles. The second kappa shape index (κ2) is 7.39. The van der Waals surface area contributed by atoms with Crippen molar-refractivity contribution < 1.29 is 4.74 Å². The monoisotopic (exact) mass is 290 g/mol. The zero-order valence-corrected chi connectivity index (χ0v) is 13.7. The number of hydrogen-bond donors (Lipinski definition) is 2. The van der Waals surface area contributed by atoms with Crippen LogP contribution in [-0.4, -0.2) is 12.7 Å². The molecule has 0 radical (unpaired) electrons. The van der Waals surface area contributed by atoms with Crippen molar-refractivity contribution in [2.24, 2.45) is 5.84 Å². The minimum Gasteiger partial charge on any atom is -0.378 e. The Morgan fingerprint density at radius 2 is 2.00 bits per heavy atom. The normalized spacial score (nSPS) is 20.7. The van der Waals surface area contributed by atoms with Gasteiger partial charge in [-0.05, 0) is 48.6 Å². The van der Waals surface area contributed by atoms with Gasteiger partial charge in [-0.1, -0.05) is 45.0 Å². The van der Waals surface area contributed by atoms with E-state index in [9.17, 15) is 0 Å². The van der Waals surface area contributed by atoms with Crippen LogP contribution in [0.25, 0.3) is 0 Å². The van der Waals surface area contributed by atoms with Crippen LogP contribution in [0.1, 0.15) is 70.0 Å². The fraction of sp³-hybridized carbons (Fsp3) is 0.667. The molecule has 0 spiro atoms. The van der Waals surface area contributed by atoms with E-state index >= 15 is 0 Å². The molecule has 0 saturated carbocycles. The molecule has 3 nitrogen and oxygen atoms in total. The van der Waals surface area contributed by atoms with Crippen LogP contribution in [-0.2, 0) is 10.2 Å². The minimum atomic E-state index is 0.198. The van der Waals surface area contributed by atoms with Crippen LogP contribution in [0.2, 0.25) is 0 Å². The van der Waals surface area contributed by atoms with Gasteiger partial charge in [0.05, 0.1) is 6.10 Å². The molecule has 1 aromatic rings. The molecule has 2 atom stereocenters. The zero-order chi connectivity index (χ0) is 15.3. The van der Waals surface area contributed by atoms with Gasteiger partial charge in [0.2, 0.25) is 0 Å². The lowest BCUT2D eigenvalue weighted by Gasteiger charge is -2.21. The lowest BCUT2D eigenvalue weighted by Crippen LogP contribution is -2.28. The Kier molecular flexibility index (Phi) is 5.80. The average Bonchev–Trinajstić information content (AvgIpc) is 2.96. The van der Waals surface area contributed by atoms with Crippen molar-refractivity contribution in [3.63, 3.8) is 0 Å². The summed E-state index contributed by atoms with van der Waals surface area (Å²) in [5.74, 6) is 5.74. The Morgan fingerprint density at radius 1 is 1.29 bits per heavy atom. The van der Waals surface area contributed by atoms with E-state index in [1.165, 1.54) is 24.0 Å². The fourth-order valence-corrected chi connectivity index (χ4v) is 2.98. The molecular weight excluding hydrogens is 260 g/mol. The van der Waals surface area contributed by atoms with E-state index in [2.05, 4.69) is 50.5 Å². The highest BCUT2D eigenvalue weighted by Gasteiger charge is 2.17. The van der Waals surface area contributed by atoms with Crippen molar-refractivity contribution in [3.05, 3.63) is 35.4 Å². The first-order chi connectivity index (χ1) is 10.0. The SMILES string of the molecule is CC(C)(C)c1ccc(C(CCCC2CCCO2)NN)cc1. The molecule has 1 heterocycles. The molecule has 0 aliphatic carbocycles. The topological polar surface area (TPSA) is 47.3 Å². The summed E-state index contributed by atoms with van der Waals surface area (Å²) >= 11 is 0. The third-order valence-corrected chi connectivity index (χ3v) is 4.42. The van der Waals surface area contributed by atoms with Crippen molar-refractivity contribution in [3.8, 4) is 0 Å². The minimum absolute atomic E-state index is 0.198. The number of ether oxygens (including phenoxy) is 1. The molecule has 3 heteroatoms. The predicted molar refractivity (Wildman–Crippen MR) is 88.0 cm³/mol. The third-order valence-electron chi connectivity index (χ3n) is 4.42. The first kappa shape index (κ1) is 16.5. The molecule has 1 aliphatic heterocycles. The third kappa shape index (κ3) is 4.80. The van der Waals surface area contributed by atoms with E-state index in [-0.39, 0.29) is 11.5 Å². The summed E-state index contributed by atoms with van der Waals surface area (Å²) < 4.78 is 5.68. The van der Waals surface area contributed by atoms with E-state index in [4.69, 9.17) is 10.6 Å². The first-order valence-electron chi connectivity index (χ1n) is 8.19. The van der Waals surface area contributed by atoms with Crippen LogP contribution in [0.3, 0.4) is 0 Å². The molecule has 0 aromatic heterocycles. The molecule has 1 fully saturated rings. The van der Waals surface area contributed by atoms with Gasteiger partial charge < -0.3 is 4.74 Å². The van der Waals surface area contributed by atoms with Gasteiger partial charge in [0, 0.05) is 12.6 Å². The maximum absolute atomic E-state index is 5.74. The number of nitrogens with two attached hydrogens (primary N) is 1. The van der Waals surface area contributed by atoms with Gasteiger partial charge in [0.15, 0.2) is 0 Å². The van der Waals surface area contributed by atoms with Crippen LogP contribution in [0.15, 0.2) is 24.3 Å². The predicted octanol–water partition coefficient (Wildman–Crippen LogP) is 3.84. The summed E-state index contributed by atoms with van der Waals surface area (Å²) in [6.45, 7) is 7.66. The number of hydrazine groups is 1. The van der Waals surface area contributed by atoms with Gasteiger partial charge in [-0.3, -0.25) is 11.3 Å². The van der Waals surface area contributed by atoms with Crippen LogP contribution in [0.5, 0.6) is 0 Å². The summed E-state index contributed by atoms with van der Waals surface area (Å²) in [6.07, 6.45) is 6.29. The summed E-state index contributed by atoms with van der Waals surface area (Å²) in [5, 5.41) is 0. The van der Waals surface area contributed by atoms with Crippen molar-refractivity contribution in [2.75, 3.05) is 6.61 Å². The Hall–Kier alpha value is -0.900. The molecule has 2 rings (SSSR count). The van der Waals surface area contributed by atoms with E-state index in [0.717, 1.165) is 25.9 Å². The molecule has 2 unspecified atom stereocenters. The molecule has 0 bridgehead atoms. The lowest BCUT2D eigenvalue weighted by molar-refractivity contribution is 0.101. The van der Waals surface area contributed by atoms with Crippen molar-refractivity contribution in [1.82, 2.24) is 5.43 Å². The van der Waals surface area contributed by atoms with Crippen LogP contribution >= 0.6 is 0 Å². The van der Waals surface area contributed by atoms with E-state index in [1.807, 2.05) is 0 Å². The number of nitrogens with one attached hydrogen (secondary N) is 1. The van der Waals surface area contributed by atoms with Gasteiger partial charge in [-0.15, -0.1) is 0 Å². The van der Waals surface area contributed by atoms with Crippen LogP contribution in [0.4, 0.5) is 0 Å². The van der Waals surface area contributed by atoms with Gasteiger partial charge >= 0.3 is 0 Å². The lowest BCUT2D eigenvalue weighted by atomic mass is 9.86. The summed E-state index contributed by atoms with van der Waals surface area (Å²) in [4.78, 5) is 0. The van der Waals surface area contributed by atoms with E-state index < -0.39 is 0 Å². The Labute approximate surface area is 129 Å². The maximum Gasteiger partial charge on any atom is 0.0576 e. The molecule has 21 heavy (non-hydrogen) atoms. The summed E-state index contributed by atoms with van der Waals surface area (Å²) in [7, 11) is 0. The van der Waals surface area contributed by atoms with Gasteiger partial charge in [0.1, 0.15) is 0 Å². The van der Waals surface area contributed by atoms with Crippen LogP contribution in [0, 0.1) is 0 Å². The van der Waals surface area contributed by atoms with Gasteiger partial charge in [-0.2, -0.15) is 0 Å². The maximum atomic E-state index is 5.74. The molecule has 3 N–H and O–H groups in total. The average molecular weight is 290 g/mol. The highest BCUT2D eigenvalue weighted by atomic mass is 16.5. The highest BCUT2D eigenvalue weighted by Crippen LogP contribution is 2.26. The number of hydrogen-bond acceptors (Lipinski definition) is 3. The molecule has 118 valence electrons. The second-order valence-electron chi connectivity index (χ2n) is 7.16. The zero-order valence-electron chi connectivity index (χ0n) is 13.7. The summed E-state index contributed by atoms with van der Waals surface area (Å²) in [5.41, 5.74) is 5.80. The Balaban J connectivity index is 1.87. The highest BCUT2D eigenvalue weighted by molar-refractivity contribution is 5.29. The largest absolute Gasteiger partial charge is 0.378 e. The van der Waals surface area contributed by atoms with Crippen molar-refractivity contribution >= 4 is 0 Å². The molecular formula is C18H30N2O. The smallest absolute Gasteiger partial charge is 0.0576 e. The Morgan fingerprint density at radius 3 is 2.52 bits per heavy atom. The van der Waals surface area contributed by atoms with E-state index in [1.54, 1.807) is 0 Å². The van der Waals surface area contributed by atoms with E-state index in [0.29, 0.717) is 6.10 Å². The quantitative estimate of drug-likeness (QED) is 0.618.